The predicted molar refractivity (Wildman–Crippen MR) is 85.1 cm³/mol. The van der Waals surface area contributed by atoms with Crippen molar-refractivity contribution in [3.63, 3.8) is 0 Å². The fraction of sp³-hybridized carbons (Fsp3) is 0.467. The molecule has 2 heterocycles. The van der Waals surface area contributed by atoms with Crippen LogP contribution in [-0.2, 0) is 13.1 Å². The standard InChI is InChI=1S/C15H20N4O2.ClH/c1-20-13-4-2-11(3-5-13)12-6-7-19(9-12)10-14-17-15(8-16)21-18-14;/h2-5,12H,6-10,16H2,1H3;1H. The van der Waals surface area contributed by atoms with Gasteiger partial charge in [-0.2, -0.15) is 4.98 Å². The van der Waals surface area contributed by atoms with Crippen LogP contribution in [0, 0.1) is 0 Å². The fourth-order valence-corrected chi connectivity index (χ4v) is 2.76. The van der Waals surface area contributed by atoms with E-state index in [9.17, 15) is 0 Å². The van der Waals surface area contributed by atoms with Crippen molar-refractivity contribution in [3.05, 3.63) is 41.5 Å². The molecule has 0 aliphatic carbocycles. The molecule has 0 radical (unpaired) electrons. The summed E-state index contributed by atoms with van der Waals surface area (Å²) in [7, 11) is 1.69. The van der Waals surface area contributed by atoms with E-state index in [0.717, 1.165) is 31.8 Å². The zero-order valence-electron chi connectivity index (χ0n) is 12.6. The molecule has 2 N–H and O–H groups in total. The maximum Gasteiger partial charge on any atom is 0.240 e. The van der Waals surface area contributed by atoms with Crippen molar-refractivity contribution in [2.75, 3.05) is 20.2 Å². The highest BCUT2D eigenvalue weighted by Crippen LogP contribution is 2.29. The van der Waals surface area contributed by atoms with Crippen LogP contribution < -0.4 is 10.5 Å². The van der Waals surface area contributed by atoms with Crippen LogP contribution in [-0.4, -0.2) is 35.2 Å². The number of hydrogen-bond acceptors (Lipinski definition) is 6. The quantitative estimate of drug-likeness (QED) is 0.905. The largest absolute Gasteiger partial charge is 0.497 e. The average molecular weight is 325 g/mol. The molecule has 3 rings (SSSR count). The lowest BCUT2D eigenvalue weighted by molar-refractivity contribution is 0.306. The first-order valence-electron chi connectivity index (χ1n) is 7.16. The minimum absolute atomic E-state index is 0. The third-order valence-electron chi connectivity index (χ3n) is 3.91. The SMILES string of the molecule is COc1ccc(C2CCN(Cc3noc(CN)n3)C2)cc1.Cl. The van der Waals surface area contributed by atoms with Gasteiger partial charge in [0.1, 0.15) is 5.75 Å². The molecular weight excluding hydrogens is 304 g/mol. The van der Waals surface area contributed by atoms with Gasteiger partial charge >= 0.3 is 0 Å². The Morgan fingerprint density at radius 3 is 2.77 bits per heavy atom. The van der Waals surface area contributed by atoms with Crippen LogP contribution in [0.3, 0.4) is 0 Å². The Kier molecular flexibility index (Phi) is 5.76. The highest BCUT2D eigenvalue weighted by molar-refractivity contribution is 5.85. The highest BCUT2D eigenvalue weighted by Gasteiger charge is 2.25. The van der Waals surface area contributed by atoms with E-state index in [4.69, 9.17) is 15.0 Å². The van der Waals surface area contributed by atoms with Crippen LogP contribution in [0.2, 0.25) is 0 Å². The third-order valence-corrected chi connectivity index (χ3v) is 3.91. The molecule has 1 aliphatic rings. The Labute approximate surface area is 136 Å². The number of likely N-dealkylation sites (tertiary alicyclic amines) is 1. The number of halogens is 1. The number of methoxy groups -OCH3 is 1. The number of hydrogen-bond donors (Lipinski definition) is 1. The van der Waals surface area contributed by atoms with Gasteiger partial charge in [0.05, 0.1) is 20.2 Å². The molecule has 22 heavy (non-hydrogen) atoms. The van der Waals surface area contributed by atoms with Gasteiger partial charge in [0, 0.05) is 6.54 Å². The van der Waals surface area contributed by atoms with E-state index in [1.807, 2.05) is 12.1 Å². The number of nitrogens with zero attached hydrogens (tertiary/aromatic N) is 3. The number of rotatable bonds is 5. The van der Waals surface area contributed by atoms with Gasteiger partial charge in [0.2, 0.25) is 5.89 Å². The van der Waals surface area contributed by atoms with E-state index < -0.39 is 0 Å². The van der Waals surface area contributed by atoms with Crippen LogP contribution in [0.1, 0.15) is 29.6 Å². The van der Waals surface area contributed by atoms with Crippen molar-refractivity contribution in [1.29, 1.82) is 0 Å². The summed E-state index contributed by atoms with van der Waals surface area (Å²) < 4.78 is 10.2. The first kappa shape index (κ1) is 16.7. The fourth-order valence-electron chi connectivity index (χ4n) is 2.76. The Hall–Kier alpha value is -1.63. The van der Waals surface area contributed by atoms with Gasteiger partial charge in [0.25, 0.3) is 0 Å². The minimum Gasteiger partial charge on any atom is -0.497 e. The summed E-state index contributed by atoms with van der Waals surface area (Å²) in [6.07, 6.45) is 1.15. The molecule has 0 bridgehead atoms. The molecule has 6 nitrogen and oxygen atoms in total. The second kappa shape index (κ2) is 7.58. The average Bonchev–Trinajstić information content (AvgIpc) is 3.17. The lowest BCUT2D eigenvalue weighted by Crippen LogP contribution is -2.20. The van der Waals surface area contributed by atoms with E-state index in [0.29, 0.717) is 24.2 Å². The number of ether oxygens (including phenoxy) is 1. The van der Waals surface area contributed by atoms with Gasteiger partial charge < -0.3 is 15.0 Å². The Balaban J connectivity index is 0.00000176. The normalized spacial score (nSPS) is 18.2. The Bertz CT molecular complexity index is 587. The Morgan fingerprint density at radius 2 is 2.14 bits per heavy atom. The summed E-state index contributed by atoms with van der Waals surface area (Å²) in [6.45, 7) is 3.07. The second-order valence-electron chi connectivity index (χ2n) is 5.30. The topological polar surface area (TPSA) is 77.4 Å². The molecule has 0 saturated carbocycles. The van der Waals surface area contributed by atoms with Gasteiger partial charge in [-0.25, -0.2) is 0 Å². The maximum absolute atomic E-state index is 5.47. The second-order valence-corrected chi connectivity index (χ2v) is 5.30. The monoisotopic (exact) mass is 324 g/mol. The van der Waals surface area contributed by atoms with E-state index >= 15 is 0 Å². The van der Waals surface area contributed by atoms with Gasteiger partial charge in [-0.05, 0) is 36.6 Å². The van der Waals surface area contributed by atoms with E-state index in [-0.39, 0.29) is 12.4 Å². The molecule has 1 unspecified atom stereocenters. The first-order chi connectivity index (χ1) is 10.3. The van der Waals surface area contributed by atoms with Crippen molar-refractivity contribution in [3.8, 4) is 5.75 Å². The molecule has 1 saturated heterocycles. The van der Waals surface area contributed by atoms with Crippen molar-refractivity contribution < 1.29 is 9.26 Å². The molecule has 7 heteroatoms. The molecular formula is C15H21ClN4O2. The minimum atomic E-state index is 0. The molecule has 1 aromatic carbocycles. The van der Waals surface area contributed by atoms with Crippen molar-refractivity contribution in [2.24, 2.45) is 5.73 Å². The first-order valence-corrected chi connectivity index (χ1v) is 7.16. The smallest absolute Gasteiger partial charge is 0.240 e. The third kappa shape index (κ3) is 3.76. The van der Waals surface area contributed by atoms with Gasteiger partial charge in [-0.1, -0.05) is 17.3 Å². The lowest BCUT2D eigenvalue weighted by atomic mass is 9.98. The summed E-state index contributed by atoms with van der Waals surface area (Å²) in [6, 6.07) is 8.33. The van der Waals surface area contributed by atoms with E-state index in [1.54, 1.807) is 7.11 Å². The summed E-state index contributed by atoms with van der Waals surface area (Å²) >= 11 is 0. The van der Waals surface area contributed by atoms with E-state index in [1.165, 1.54) is 5.56 Å². The molecule has 0 amide bonds. The van der Waals surface area contributed by atoms with Crippen molar-refractivity contribution in [1.82, 2.24) is 15.0 Å². The van der Waals surface area contributed by atoms with Gasteiger partial charge in [0.15, 0.2) is 5.82 Å². The number of aromatic nitrogens is 2. The number of nitrogens with two attached hydrogens (primary N) is 1. The zero-order chi connectivity index (χ0) is 14.7. The van der Waals surface area contributed by atoms with Gasteiger partial charge in [-0.3, -0.25) is 4.90 Å². The molecule has 0 spiro atoms. The zero-order valence-corrected chi connectivity index (χ0v) is 13.4. The van der Waals surface area contributed by atoms with Crippen LogP contribution in [0.25, 0.3) is 0 Å². The maximum atomic E-state index is 5.47. The lowest BCUT2D eigenvalue weighted by Gasteiger charge is -2.14. The van der Waals surface area contributed by atoms with Crippen LogP contribution in [0.5, 0.6) is 5.75 Å². The highest BCUT2D eigenvalue weighted by atomic mass is 35.5. The molecule has 120 valence electrons. The van der Waals surface area contributed by atoms with Crippen molar-refractivity contribution >= 4 is 12.4 Å². The molecule has 2 aromatic rings. The molecule has 1 aliphatic heterocycles. The summed E-state index contributed by atoms with van der Waals surface area (Å²) in [5.74, 6) is 2.66. The summed E-state index contributed by atoms with van der Waals surface area (Å²) in [5.41, 5.74) is 6.83. The van der Waals surface area contributed by atoms with Crippen LogP contribution in [0.15, 0.2) is 28.8 Å². The van der Waals surface area contributed by atoms with Gasteiger partial charge in [-0.15, -0.1) is 12.4 Å². The van der Waals surface area contributed by atoms with Crippen molar-refractivity contribution in [2.45, 2.75) is 25.4 Å². The van der Waals surface area contributed by atoms with Crippen LogP contribution in [0.4, 0.5) is 0 Å². The van der Waals surface area contributed by atoms with E-state index in [2.05, 4.69) is 27.2 Å². The summed E-state index contributed by atoms with van der Waals surface area (Å²) in [4.78, 5) is 6.60. The summed E-state index contributed by atoms with van der Waals surface area (Å²) in [5, 5.41) is 3.95. The Morgan fingerprint density at radius 1 is 1.36 bits per heavy atom. The van der Waals surface area contributed by atoms with Crippen LogP contribution >= 0.6 is 12.4 Å². The molecule has 1 aromatic heterocycles. The number of benzene rings is 1. The molecule has 1 fully saturated rings. The predicted octanol–water partition coefficient (Wildman–Crippen LogP) is 1.95. The molecule has 1 atom stereocenters.